The summed E-state index contributed by atoms with van der Waals surface area (Å²) in [6.07, 6.45) is 3.97. The number of hydrogen-bond acceptors (Lipinski definition) is 4. The van der Waals surface area contributed by atoms with Gasteiger partial charge in [-0.15, -0.1) is 0 Å². The molecule has 19 heavy (non-hydrogen) atoms. The van der Waals surface area contributed by atoms with E-state index in [0.717, 1.165) is 24.4 Å². The van der Waals surface area contributed by atoms with Gasteiger partial charge in [0.2, 0.25) is 10.0 Å². The molecule has 0 saturated heterocycles. The van der Waals surface area contributed by atoms with Crippen LogP contribution < -0.4 is 0 Å². The molecule has 0 spiro atoms. The van der Waals surface area contributed by atoms with Crippen LogP contribution in [0.4, 0.5) is 0 Å². The molecule has 1 aromatic heterocycles. The van der Waals surface area contributed by atoms with E-state index in [1.165, 1.54) is 10.6 Å². The average Bonchev–Trinajstić information content (AvgIpc) is 2.54. The van der Waals surface area contributed by atoms with Gasteiger partial charge in [0.15, 0.2) is 0 Å². The molecule has 0 aliphatic carbocycles. The van der Waals surface area contributed by atoms with E-state index in [-0.39, 0.29) is 6.10 Å². The van der Waals surface area contributed by atoms with E-state index >= 15 is 0 Å². The zero-order valence-electron chi connectivity index (χ0n) is 11.7. The molecule has 0 amide bonds. The van der Waals surface area contributed by atoms with Gasteiger partial charge in [-0.3, -0.25) is 0 Å². The van der Waals surface area contributed by atoms with Crippen molar-refractivity contribution in [2.45, 2.75) is 46.1 Å². The summed E-state index contributed by atoms with van der Waals surface area (Å²) in [7, 11) is -3.17. The predicted molar refractivity (Wildman–Crippen MR) is 72.0 cm³/mol. The molecule has 0 bridgehead atoms. The highest BCUT2D eigenvalue weighted by Gasteiger charge is 2.24. The number of imidazole rings is 1. The Bertz CT molecular complexity index is 536. The van der Waals surface area contributed by atoms with E-state index < -0.39 is 10.0 Å². The molecule has 0 atom stereocenters. The molecule has 108 valence electrons. The minimum Gasteiger partial charge on any atom is -0.372 e. The molecule has 2 heterocycles. The van der Waals surface area contributed by atoms with Gasteiger partial charge in [0.05, 0.1) is 43.2 Å². The average molecular weight is 287 g/mol. The second-order valence-corrected chi connectivity index (χ2v) is 7.12. The molecule has 1 aliphatic heterocycles. The van der Waals surface area contributed by atoms with Crippen molar-refractivity contribution in [3.05, 3.63) is 17.7 Å². The lowest BCUT2D eigenvalue weighted by molar-refractivity contribution is 0.0631. The molecule has 0 fully saturated rings. The highest BCUT2D eigenvalue weighted by Crippen LogP contribution is 2.19. The van der Waals surface area contributed by atoms with Crippen LogP contribution >= 0.6 is 0 Å². The summed E-state index contributed by atoms with van der Waals surface area (Å²) in [4.78, 5) is 4.34. The van der Waals surface area contributed by atoms with Crippen LogP contribution in [-0.4, -0.2) is 41.2 Å². The largest absolute Gasteiger partial charge is 0.372 e. The van der Waals surface area contributed by atoms with Crippen molar-refractivity contribution in [3.8, 4) is 0 Å². The number of sulfonamides is 1. The van der Waals surface area contributed by atoms with Gasteiger partial charge < -0.3 is 9.30 Å². The van der Waals surface area contributed by atoms with Gasteiger partial charge in [-0.25, -0.2) is 13.4 Å². The predicted octanol–water partition coefficient (Wildman–Crippen LogP) is 0.973. The maximum absolute atomic E-state index is 11.7. The zero-order chi connectivity index (χ0) is 14.0. The molecule has 0 N–H and O–H groups in total. The standard InChI is InChI=1S/C12H21N3O3S/c1-10(2)18-8-11-12-7-15(19(3,16)17)6-4-5-14(12)9-13-11/h9-10H,4-8H2,1-3H3. The smallest absolute Gasteiger partial charge is 0.211 e. The van der Waals surface area contributed by atoms with Crippen LogP contribution in [0.25, 0.3) is 0 Å². The van der Waals surface area contributed by atoms with Gasteiger partial charge in [0.25, 0.3) is 0 Å². The number of ether oxygens (including phenoxy) is 1. The Hall–Kier alpha value is -0.920. The summed E-state index contributed by atoms with van der Waals surface area (Å²) in [6.45, 7) is 6.11. The zero-order valence-corrected chi connectivity index (χ0v) is 12.5. The third-order valence-corrected chi connectivity index (χ3v) is 4.44. The Morgan fingerprint density at radius 2 is 2.16 bits per heavy atom. The van der Waals surface area contributed by atoms with Gasteiger partial charge in [-0.05, 0) is 20.3 Å². The van der Waals surface area contributed by atoms with Crippen LogP contribution in [0.15, 0.2) is 6.33 Å². The molecule has 0 radical (unpaired) electrons. The maximum atomic E-state index is 11.7. The quantitative estimate of drug-likeness (QED) is 0.828. The van der Waals surface area contributed by atoms with E-state index in [0.29, 0.717) is 19.7 Å². The first-order valence-corrected chi connectivity index (χ1v) is 8.32. The Balaban J connectivity index is 2.22. The van der Waals surface area contributed by atoms with Gasteiger partial charge in [0.1, 0.15) is 0 Å². The van der Waals surface area contributed by atoms with Crippen molar-refractivity contribution in [1.29, 1.82) is 0 Å². The fraction of sp³-hybridized carbons (Fsp3) is 0.750. The number of aryl methyl sites for hydroxylation is 1. The minimum atomic E-state index is -3.17. The fourth-order valence-corrected chi connectivity index (χ4v) is 2.95. The van der Waals surface area contributed by atoms with Gasteiger partial charge in [-0.1, -0.05) is 0 Å². The summed E-state index contributed by atoms with van der Waals surface area (Å²) < 4.78 is 32.5. The minimum absolute atomic E-state index is 0.133. The van der Waals surface area contributed by atoms with Crippen LogP contribution in [0.1, 0.15) is 31.7 Å². The van der Waals surface area contributed by atoms with Crippen molar-refractivity contribution in [1.82, 2.24) is 13.9 Å². The van der Waals surface area contributed by atoms with E-state index in [4.69, 9.17) is 4.74 Å². The first kappa shape index (κ1) is 14.5. The normalized spacial score (nSPS) is 17.5. The number of rotatable bonds is 4. The lowest BCUT2D eigenvalue weighted by atomic mass is 10.3. The molecule has 7 heteroatoms. The van der Waals surface area contributed by atoms with Crippen molar-refractivity contribution in [3.63, 3.8) is 0 Å². The number of hydrogen-bond donors (Lipinski definition) is 0. The van der Waals surface area contributed by atoms with Crippen LogP contribution in [0.2, 0.25) is 0 Å². The summed E-state index contributed by atoms with van der Waals surface area (Å²) in [5.41, 5.74) is 1.79. The first-order valence-electron chi connectivity index (χ1n) is 6.47. The highest BCUT2D eigenvalue weighted by molar-refractivity contribution is 7.88. The molecule has 2 rings (SSSR count). The van der Waals surface area contributed by atoms with Gasteiger partial charge in [0, 0.05) is 13.1 Å². The SMILES string of the molecule is CC(C)OCc1ncn2c1CN(S(C)(=O)=O)CCC2. The molecular formula is C12H21N3O3S. The van der Waals surface area contributed by atoms with Crippen molar-refractivity contribution in [2.24, 2.45) is 0 Å². The topological polar surface area (TPSA) is 64.4 Å². The molecule has 1 aromatic rings. The fourth-order valence-electron chi connectivity index (χ4n) is 2.14. The Morgan fingerprint density at radius 1 is 1.42 bits per heavy atom. The van der Waals surface area contributed by atoms with E-state index in [2.05, 4.69) is 4.98 Å². The molecular weight excluding hydrogens is 266 g/mol. The Morgan fingerprint density at radius 3 is 2.79 bits per heavy atom. The summed E-state index contributed by atoms with van der Waals surface area (Å²) in [5, 5.41) is 0. The van der Waals surface area contributed by atoms with Gasteiger partial charge >= 0.3 is 0 Å². The van der Waals surface area contributed by atoms with Crippen LogP contribution in [0.3, 0.4) is 0 Å². The Kier molecular flexibility index (Phi) is 4.27. The molecule has 0 unspecified atom stereocenters. The molecule has 6 nitrogen and oxygen atoms in total. The van der Waals surface area contributed by atoms with Crippen LogP contribution in [-0.2, 0) is 34.5 Å². The molecule has 1 aliphatic rings. The van der Waals surface area contributed by atoms with E-state index in [1.54, 1.807) is 6.33 Å². The number of fused-ring (bicyclic) bond motifs is 1. The lowest BCUT2D eigenvalue weighted by Crippen LogP contribution is -2.30. The third-order valence-electron chi connectivity index (χ3n) is 3.19. The second-order valence-electron chi connectivity index (χ2n) is 5.14. The van der Waals surface area contributed by atoms with Gasteiger partial charge in [-0.2, -0.15) is 4.31 Å². The van der Waals surface area contributed by atoms with Crippen LogP contribution in [0, 0.1) is 0 Å². The second kappa shape index (κ2) is 5.60. The molecule has 0 saturated carbocycles. The van der Waals surface area contributed by atoms with Crippen molar-refractivity contribution >= 4 is 10.0 Å². The Labute approximate surface area is 114 Å². The highest BCUT2D eigenvalue weighted by atomic mass is 32.2. The summed E-state index contributed by atoms with van der Waals surface area (Å²) >= 11 is 0. The maximum Gasteiger partial charge on any atom is 0.211 e. The van der Waals surface area contributed by atoms with Crippen LogP contribution in [0.5, 0.6) is 0 Å². The molecule has 0 aromatic carbocycles. The number of nitrogens with zero attached hydrogens (tertiary/aromatic N) is 3. The number of aromatic nitrogens is 2. The van der Waals surface area contributed by atoms with E-state index in [9.17, 15) is 8.42 Å². The first-order chi connectivity index (χ1) is 8.88. The van der Waals surface area contributed by atoms with Crippen molar-refractivity contribution in [2.75, 3.05) is 12.8 Å². The summed E-state index contributed by atoms with van der Waals surface area (Å²) in [6, 6.07) is 0. The monoisotopic (exact) mass is 287 g/mol. The third kappa shape index (κ3) is 3.55. The van der Waals surface area contributed by atoms with Crippen molar-refractivity contribution < 1.29 is 13.2 Å². The van der Waals surface area contributed by atoms with E-state index in [1.807, 2.05) is 18.4 Å². The lowest BCUT2D eigenvalue weighted by Gasteiger charge is -2.17. The summed E-state index contributed by atoms with van der Waals surface area (Å²) in [5.74, 6) is 0.